The SMILES string of the molecule is CCOC(=O)c1nnc(Br)s1.CC[SH]1C(Br)=NN=C1C(=O)O. The molecule has 1 aromatic rings. The summed E-state index contributed by atoms with van der Waals surface area (Å²) in [5, 5.41) is 23.5. The number of esters is 1. The molecule has 0 amide bonds. The zero-order valence-electron chi connectivity index (χ0n) is 11.5. The van der Waals surface area contributed by atoms with Crippen molar-refractivity contribution in [3.63, 3.8) is 0 Å². The van der Waals surface area contributed by atoms with Crippen LogP contribution in [0.25, 0.3) is 0 Å². The molecule has 122 valence electrons. The van der Waals surface area contributed by atoms with Crippen LogP contribution in [0.5, 0.6) is 0 Å². The van der Waals surface area contributed by atoms with Gasteiger partial charge in [0.15, 0.2) is 8.96 Å². The van der Waals surface area contributed by atoms with E-state index < -0.39 is 22.8 Å². The normalized spacial score (nSPS) is 17.9. The molecule has 1 aliphatic rings. The second-order valence-corrected chi connectivity index (χ2v) is 9.38. The minimum atomic E-state index is -0.962. The van der Waals surface area contributed by atoms with Crippen LogP contribution in [-0.2, 0) is 9.53 Å². The van der Waals surface area contributed by atoms with E-state index in [4.69, 9.17) is 5.11 Å². The lowest BCUT2D eigenvalue weighted by Gasteiger charge is -2.09. The van der Waals surface area contributed by atoms with Gasteiger partial charge in [-0.05, 0) is 44.5 Å². The Balaban J connectivity index is 0.000000220. The van der Waals surface area contributed by atoms with E-state index in [1.54, 1.807) is 6.92 Å². The van der Waals surface area contributed by atoms with Crippen molar-refractivity contribution >= 4 is 75.0 Å². The third-order valence-electron chi connectivity index (χ3n) is 2.06. The van der Waals surface area contributed by atoms with Crippen LogP contribution in [0.3, 0.4) is 0 Å². The molecule has 0 bridgehead atoms. The monoisotopic (exact) mass is 474 g/mol. The average Bonchev–Trinajstić information content (AvgIpc) is 3.05. The molecule has 0 fully saturated rings. The van der Waals surface area contributed by atoms with E-state index in [9.17, 15) is 9.59 Å². The number of hydrogen-bond donors (Lipinski definition) is 2. The lowest BCUT2D eigenvalue weighted by Crippen LogP contribution is -2.13. The summed E-state index contributed by atoms with van der Waals surface area (Å²) in [4.78, 5) is 21.4. The van der Waals surface area contributed by atoms with E-state index in [2.05, 4.69) is 57.0 Å². The van der Waals surface area contributed by atoms with Crippen LogP contribution in [0.1, 0.15) is 23.6 Å². The van der Waals surface area contributed by atoms with Crippen LogP contribution in [0.15, 0.2) is 14.1 Å². The topological polar surface area (TPSA) is 114 Å². The van der Waals surface area contributed by atoms with Gasteiger partial charge in [0.25, 0.3) is 0 Å². The Morgan fingerprint density at radius 3 is 2.36 bits per heavy atom. The second-order valence-electron chi connectivity index (χ2n) is 3.42. The maximum Gasteiger partial charge on any atom is 0.369 e. The van der Waals surface area contributed by atoms with Crippen LogP contribution in [-0.4, -0.2) is 48.6 Å². The molecule has 0 saturated carbocycles. The summed E-state index contributed by atoms with van der Waals surface area (Å²) in [7, 11) is -0.790. The predicted molar refractivity (Wildman–Crippen MR) is 94.5 cm³/mol. The van der Waals surface area contributed by atoms with Crippen molar-refractivity contribution in [3.8, 4) is 0 Å². The molecule has 0 aliphatic carbocycles. The number of carboxylic acids is 1. The minimum Gasteiger partial charge on any atom is -0.476 e. The number of nitrogens with zero attached hydrogens (tertiary/aromatic N) is 4. The van der Waals surface area contributed by atoms with Gasteiger partial charge in [0.2, 0.25) is 5.01 Å². The summed E-state index contributed by atoms with van der Waals surface area (Å²) in [6.07, 6.45) is 0. The van der Waals surface area contributed by atoms with Gasteiger partial charge in [0.1, 0.15) is 3.95 Å². The van der Waals surface area contributed by atoms with Crippen molar-refractivity contribution in [2.45, 2.75) is 13.8 Å². The number of ether oxygens (including phenoxy) is 1. The fraction of sp³-hybridized carbons (Fsp3) is 0.400. The molecule has 0 saturated heterocycles. The summed E-state index contributed by atoms with van der Waals surface area (Å²) in [5.74, 6) is -0.614. The van der Waals surface area contributed by atoms with Gasteiger partial charge >= 0.3 is 11.9 Å². The lowest BCUT2D eigenvalue weighted by atomic mass is 10.7. The fourth-order valence-corrected chi connectivity index (χ4v) is 4.81. The van der Waals surface area contributed by atoms with Crippen molar-refractivity contribution < 1.29 is 19.4 Å². The largest absolute Gasteiger partial charge is 0.476 e. The first kappa shape index (κ1) is 19.2. The lowest BCUT2D eigenvalue weighted by molar-refractivity contribution is -0.129. The van der Waals surface area contributed by atoms with E-state index in [0.717, 1.165) is 17.1 Å². The second kappa shape index (κ2) is 9.33. The highest BCUT2D eigenvalue weighted by atomic mass is 79.9. The summed E-state index contributed by atoms with van der Waals surface area (Å²) in [6.45, 7) is 4.02. The van der Waals surface area contributed by atoms with Gasteiger partial charge < -0.3 is 9.84 Å². The van der Waals surface area contributed by atoms with Crippen LogP contribution < -0.4 is 0 Å². The molecular formula is C10H12Br2N4O4S2. The Labute approximate surface area is 149 Å². The Morgan fingerprint density at radius 1 is 1.27 bits per heavy atom. The maximum absolute atomic E-state index is 10.9. The molecule has 2 heterocycles. The Kier molecular flexibility index (Phi) is 8.14. The first-order valence-corrected chi connectivity index (χ1v) is 9.81. The molecule has 0 aromatic carbocycles. The number of carbonyl (C=O) groups is 2. The number of thiol groups is 1. The quantitative estimate of drug-likeness (QED) is 0.511. The summed E-state index contributed by atoms with van der Waals surface area (Å²) in [6, 6.07) is 0. The molecule has 1 aliphatic heterocycles. The summed E-state index contributed by atoms with van der Waals surface area (Å²) < 4.78 is 5.95. The van der Waals surface area contributed by atoms with Crippen molar-refractivity contribution in [1.29, 1.82) is 0 Å². The zero-order valence-corrected chi connectivity index (χ0v) is 16.4. The Morgan fingerprint density at radius 2 is 1.95 bits per heavy atom. The number of aromatic nitrogens is 2. The molecule has 1 N–H and O–H groups in total. The van der Waals surface area contributed by atoms with Crippen LogP contribution in [0, 0.1) is 0 Å². The zero-order chi connectivity index (χ0) is 16.7. The first-order valence-electron chi connectivity index (χ1n) is 5.88. The van der Waals surface area contributed by atoms with Crippen molar-refractivity contribution in [2.24, 2.45) is 10.2 Å². The van der Waals surface area contributed by atoms with Gasteiger partial charge in [-0.2, -0.15) is 0 Å². The van der Waals surface area contributed by atoms with Gasteiger partial charge in [-0.25, -0.2) is 9.59 Å². The fourth-order valence-electron chi connectivity index (χ4n) is 1.20. The molecule has 1 aromatic heterocycles. The molecule has 1 atom stereocenters. The number of halogens is 2. The molecule has 12 heteroatoms. The van der Waals surface area contributed by atoms with E-state index in [-0.39, 0.29) is 10.1 Å². The number of aliphatic carboxylic acids is 1. The van der Waals surface area contributed by atoms with E-state index in [1.807, 2.05) is 6.92 Å². The van der Waals surface area contributed by atoms with Crippen molar-refractivity contribution in [3.05, 3.63) is 8.92 Å². The number of rotatable bonds is 4. The standard InChI is InChI=1S/C5H7BrN2O2S.C5H5BrN2O2S/c1-2-11-3(4(9)10)7-8-5(11)6;1-2-10-4(9)3-7-8-5(6)11-3/h11H,2H2,1H3,(H,9,10);2H2,1H3. The smallest absolute Gasteiger partial charge is 0.369 e. The Hall–Kier alpha value is -0.850. The van der Waals surface area contributed by atoms with Crippen molar-refractivity contribution in [2.75, 3.05) is 12.4 Å². The van der Waals surface area contributed by atoms with Crippen LogP contribution >= 0.6 is 54.1 Å². The van der Waals surface area contributed by atoms with Crippen LogP contribution in [0.4, 0.5) is 0 Å². The first-order chi connectivity index (χ1) is 10.4. The van der Waals surface area contributed by atoms with Gasteiger partial charge in [-0.15, -0.1) is 31.3 Å². The molecule has 2 rings (SSSR count). The molecular weight excluding hydrogens is 464 g/mol. The molecule has 0 spiro atoms. The van der Waals surface area contributed by atoms with Gasteiger partial charge in [-0.3, -0.25) is 0 Å². The highest BCUT2D eigenvalue weighted by molar-refractivity contribution is 9.23. The van der Waals surface area contributed by atoms with E-state index >= 15 is 0 Å². The molecule has 0 radical (unpaired) electrons. The van der Waals surface area contributed by atoms with Crippen molar-refractivity contribution in [1.82, 2.24) is 10.2 Å². The Bertz CT molecular complexity index is 620. The summed E-state index contributed by atoms with van der Waals surface area (Å²) in [5.41, 5.74) is 0. The van der Waals surface area contributed by atoms with Gasteiger partial charge in [0.05, 0.1) is 6.61 Å². The minimum absolute atomic E-state index is 0.189. The van der Waals surface area contributed by atoms with Crippen LogP contribution in [0.2, 0.25) is 0 Å². The third-order valence-corrected chi connectivity index (χ3v) is 6.80. The predicted octanol–water partition coefficient (Wildman–Crippen LogP) is 2.65. The van der Waals surface area contributed by atoms with E-state index in [1.165, 1.54) is 0 Å². The molecule has 22 heavy (non-hydrogen) atoms. The maximum atomic E-state index is 10.9. The van der Waals surface area contributed by atoms with E-state index in [0.29, 0.717) is 14.5 Å². The number of carbonyl (C=O) groups excluding carboxylic acids is 1. The highest BCUT2D eigenvalue weighted by Crippen LogP contribution is 2.36. The number of carboxylic acid groups (broad SMARTS) is 1. The number of hydrogen-bond acceptors (Lipinski definition) is 8. The molecule has 8 nitrogen and oxygen atoms in total. The van der Waals surface area contributed by atoms with Gasteiger partial charge in [0, 0.05) is 0 Å². The highest BCUT2D eigenvalue weighted by Gasteiger charge is 2.25. The molecule has 1 unspecified atom stereocenters. The average molecular weight is 476 g/mol. The van der Waals surface area contributed by atoms with Gasteiger partial charge in [-0.1, -0.05) is 18.3 Å². The summed E-state index contributed by atoms with van der Waals surface area (Å²) >= 11 is 7.42. The third kappa shape index (κ3) is 5.41.